The second-order valence-electron chi connectivity index (χ2n) is 5.13. The molecule has 0 spiro atoms. The molecule has 0 N–H and O–H groups in total. The highest BCUT2D eigenvalue weighted by Crippen LogP contribution is 2.14. The van der Waals surface area contributed by atoms with Gasteiger partial charge in [-0.3, -0.25) is 4.90 Å². The topological polar surface area (TPSA) is 47.1 Å². The molecule has 5 nitrogen and oxygen atoms in total. The third-order valence-electron chi connectivity index (χ3n) is 3.05. The van der Waals surface area contributed by atoms with Gasteiger partial charge in [-0.15, -0.1) is 0 Å². The van der Waals surface area contributed by atoms with Gasteiger partial charge in [-0.05, 0) is 14.0 Å². The highest BCUT2D eigenvalue weighted by molar-refractivity contribution is 5.00. The first-order chi connectivity index (χ1) is 9.10. The van der Waals surface area contributed by atoms with E-state index in [1.54, 1.807) is 6.26 Å². The fourth-order valence-corrected chi connectivity index (χ4v) is 2.01. The summed E-state index contributed by atoms with van der Waals surface area (Å²) in [6.07, 6.45) is 5.61. The first kappa shape index (κ1) is 13.8. The number of rotatable bonds is 6. The van der Waals surface area contributed by atoms with Gasteiger partial charge in [0.2, 0.25) is 0 Å². The van der Waals surface area contributed by atoms with Gasteiger partial charge in [-0.25, -0.2) is 9.97 Å². The van der Waals surface area contributed by atoms with E-state index in [1.165, 1.54) is 0 Å². The molecule has 0 bridgehead atoms. The number of nitrogens with zero attached hydrogens (tertiary/aromatic N) is 4. The molecule has 0 unspecified atom stereocenters. The Labute approximate surface area is 114 Å². The maximum atomic E-state index is 5.45. The smallest absolute Gasteiger partial charge is 0.196 e. The van der Waals surface area contributed by atoms with Gasteiger partial charge in [0.05, 0.1) is 12.2 Å². The zero-order chi connectivity index (χ0) is 13.8. The van der Waals surface area contributed by atoms with Crippen molar-refractivity contribution in [3.63, 3.8) is 0 Å². The van der Waals surface area contributed by atoms with E-state index in [0.717, 1.165) is 37.0 Å². The van der Waals surface area contributed by atoms with Crippen molar-refractivity contribution >= 4 is 0 Å². The summed E-state index contributed by atoms with van der Waals surface area (Å²) >= 11 is 0. The van der Waals surface area contributed by atoms with E-state index in [9.17, 15) is 0 Å². The molecule has 0 radical (unpaired) electrons. The molecule has 2 aromatic rings. The average molecular weight is 262 g/mol. The van der Waals surface area contributed by atoms with Gasteiger partial charge in [0, 0.05) is 31.4 Å². The molecule has 2 aromatic heterocycles. The molecule has 5 heteroatoms. The molecule has 0 aliphatic carbocycles. The molecular formula is C14H22N4O. The first-order valence-electron chi connectivity index (χ1n) is 6.73. The van der Waals surface area contributed by atoms with E-state index in [1.807, 2.05) is 12.4 Å². The highest BCUT2D eigenvalue weighted by Gasteiger charge is 2.11. The van der Waals surface area contributed by atoms with E-state index >= 15 is 0 Å². The molecule has 0 amide bonds. The summed E-state index contributed by atoms with van der Waals surface area (Å²) in [7, 11) is 2.07. The largest absolute Gasteiger partial charge is 0.448 e. The van der Waals surface area contributed by atoms with Gasteiger partial charge < -0.3 is 8.98 Å². The van der Waals surface area contributed by atoms with Crippen LogP contribution in [0.25, 0.3) is 0 Å². The predicted molar refractivity (Wildman–Crippen MR) is 73.7 cm³/mol. The molecule has 19 heavy (non-hydrogen) atoms. The molecule has 104 valence electrons. The van der Waals surface area contributed by atoms with Gasteiger partial charge in [0.15, 0.2) is 5.89 Å². The second kappa shape index (κ2) is 6.02. The van der Waals surface area contributed by atoms with E-state index in [4.69, 9.17) is 4.42 Å². The lowest BCUT2D eigenvalue weighted by atomic mass is 10.2. The first-order valence-corrected chi connectivity index (χ1v) is 6.73. The van der Waals surface area contributed by atoms with Gasteiger partial charge in [0.25, 0.3) is 0 Å². The van der Waals surface area contributed by atoms with Crippen LogP contribution in [0.5, 0.6) is 0 Å². The third kappa shape index (κ3) is 3.44. The van der Waals surface area contributed by atoms with Gasteiger partial charge >= 0.3 is 0 Å². The lowest BCUT2D eigenvalue weighted by Gasteiger charge is -2.15. The summed E-state index contributed by atoms with van der Waals surface area (Å²) in [6, 6.07) is 0. The fraction of sp³-hybridized carbons (Fsp3) is 0.571. The zero-order valence-corrected chi connectivity index (χ0v) is 12.1. The van der Waals surface area contributed by atoms with Gasteiger partial charge in [0.1, 0.15) is 12.1 Å². The van der Waals surface area contributed by atoms with Crippen LogP contribution < -0.4 is 0 Å². The Balaban J connectivity index is 1.95. The van der Waals surface area contributed by atoms with Crippen molar-refractivity contribution in [2.75, 3.05) is 7.05 Å². The standard InChI is InChI=1S/C14H22N4O/c1-5-18-7-6-15-13(18)9-17(4)8-12-10-19-14(16-12)11(2)3/h6-7,10-11H,5,8-9H2,1-4H3. The minimum absolute atomic E-state index is 0.332. The van der Waals surface area contributed by atoms with Gasteiger partial charge in [-0.2, -0.15) is 0 Å². The minimum Gasteiger partial charge on any atom is -0.448 e. The molecular weight excluding hydrogens is 240 g/mol. The monoisotopic (exact) mass is 262 g/mol. The van der Waals surface area contributed by atoms with Crippen LogP contribution in [-0.2, 0) is 19.6 Å². The fourth-order valence-electron chi connectivity index (χ4n) is 2.01. The van der Waals surface area contributed by atoms with Crippen molar-refractivity contribution in [1.82, 2.24) is 19.4 Å². The summed E-state index contributed by atoms with van der Waals surface area (Å²) in [5, 5.41) is 0. The Morgan fingerprint density at radius 1 is 1.37 bits per heavy atom. The lowest BCUT2D eigenvalue weighted by molar-refractivity contribution is 0.301. The Kier molecular flexibility index (Phi) is 4.37. The van der Waals surface area contributed by atoms with Crippen LogP contribution in [0.1, 0.15) is 44.1 Å². The molecule has 0 aliphatic heterocycles. The summed E-state index contributed by atoms with van der Waals surface area (Å²) < 4.78 is 7.60. The predicted octanol–water partition coefficient (Wildman–Crippen LogP) is 2.65. The van der Waals surface area contributed by atoms with Crippen molar-refractivity contribution in [3.8, 4) is 0 Å². The summed E-state index contributed by atoms with van der Waals surface area (Å²) in [6.45, 7) is 8.81. The lowest BCUT2D eigenvalue weighted by Crippen LogP contribution is -2.20. The number of hydrogen-bond donors (Lipinski definition) is 0. The van der Waals surface area contributed by atoms with Crippen LogP contribution in [-0.4, -0.2) is 26.5 Å². The molecule has 0 aliphatic rings. The molecule has 0 aromatic carbocycles. The highest BCUT2D eigenvalue weighted by atomic mass is 16.3. The third-order valence-corrected chi connectivity index (χ3v) is 3.05. The Morgan fingerprint density at radius 3 is 2.79 bits per heavy atom. The molecule has 2 heterocycles. The minimum atomic E-state index is 0.332. The quantitative estimate of drug-likeness (QED) is 0.803. The van der Waals surface area contributed by atoms with Crippen LogP contribution in [0, 0.1) is 0 Å². The van der Waals surface area contributed by atoms with Crippen molar-refractivity contribution in [2.45, 2.75) is 46.3 Å². The van der Waals surface area contributed by atoms with E-state index in [0.29, 0.717) is 5.92 Å². The van der Waals surface area contributed by atoms with E-state index in [-0.39, 0.29) is 0 Å². The Hall–Kier alpha value is -1.62. The second-order valence-corrected chi connectivity index (χ2v) is 5.13. The van der Waals surface area contributed by atoms with Crippen LogP contribution >= 0.6 is 0 Å². The van der Waals surface area contributed by atoms with Gasteiger partial charge in [-0.1, -0.05) is 13.8 Å². The zero-order valence-electron chi connectivity index (χ0n) is 12.1. The number of imidazole rings is 1. The summed E-state index contributed by atoms with van der Waals surface area (Å²) in [5.74, 6) is 2.22. The molecule has 0 atom stereocenters. The SMILES string of the molecule is CCn1ccnc1CN(C)Cc1coc(C(C)C)n1. The van der Waals surface area contributed by atoms with Crippen LogP contribution in [0.4, 0.5) is 0 Å². The number of hydrogen-bond acceptors (Lipinski definition) is 4. The maximum absolute atomic E-state index is 5.45. The van der Waals surface area contributed by atoms with Crippen molar-refractivity contribution < 1.29 is 4.42 Å². The molecule has 2 rings (SSSR count). The Morgan fingerprint density at radius 2 is 2.16 bits per heavy atom. The van der Waals surface area contributed by atoms with Crippen molar-refractivity contribution in [2.24, 2.45) is 0 Å². The number of aromatic nitrogens is 3. The normalized spacial score (nSPS) is 11.7. The van der Waals surface area contributed by atoms with Crippen molar-refractivity contribution in [1.29, 1.82) is 0 Å². The molecule has 0 saturated heterocycles. The van der Waals surface area contributed by atoms with Crippen LogP contribution in [0.3, 0.4) is 0 Å². The van der Waals surface area contributed by atoms with Crippen molar-refractivity contribution in [3.05, 3.63) is 36.1 Å². The number of oxazole rings is 1. The molecule has 0 fully saturated rings. The summed E-state index contributed by atoms with van der Waals surface area (Å²) in [4.78, 5) is 11.1. The van der Waals surface area contributed by atoms with Crippen LogP contribution in [0.15, 0.2) is 23.1 Å². The van der Waals surface area contributed by atoms with Crippen LogP contribution in [0.2, 0.25) is 0 Å². The summed E-state index contributed by atoms with van der Waals surface area (Å²) in [5.41, 5.74) is 0.973. The number of aryl methyl sites for hydroxylation is 1. The van der Waals surface area contributed by atoms with E-state index < -0.39 is 0 Å². The Bertz CT molecular complexity index is 515. The van der Waals surface area contributed by atoms with E-state index in [2.05, 4.69) is 47.3 Å². The molecule has 0 saturated carbocycles. The maximum Gasteiger partial charge on any atom is 0.196 e. The average Bonchev–Trinajstić information content (AvgIpc) is 2.97.